The number of hydrogen-bond donors (Lipinski definition) is 1. The summed E-state index contributed by atoms with van der Waals surface area (Å²) in [5.74, 6) is -1.02. The van der Waals surface area contributed by atoms with Gasteiger partial charge in [0.05, 0.1) is 0 Å². The fraction of sp³-hybridized carbons (Fsp3) is 0.500. The second kappa shape index (κ2) is 6.70. The first-order valence-electron chi connectivity index (χ1n) is 7.24. The van der Waals surface area contributed by atoms with Gasteiger partial charge in [-0.2, -0.15) is 0 Å². The topological polar surface area (TPSA) is 57.6 Å². The summed E-state index contributed by atoms with van der Waals surface area (Å²) in [6.07, 6.45) is 1.95. The number of amides is 1. The van der Waals surface area contributed by atoms with Crippen molar-refractivity contribution in [1.29, 1.82) is 0 Å². The molecule has 0 saturated carbocycles. The van der Waals surface area contributed by atoms with Crippen molar-refractivity contribution in [3.63, 3.8) is 0 Å². The molecule has 1 aromatic rings. The first-order chi connectivity index (χ1) is 9.97. The van der Waals surface area contributed by atoms with E-state index in [9.17, 15) is 14.0 Å². The molecule has 4 nitrogen and oxygen atoms in total. The number of carbonyl (C=O) groups excluding carboxylic acids is 1. The van der Waals surface area contributed by atoms with Crippen molar-refractivity contribution < 1.29 is 19.1 Å². The van der Waals surface area contributed by atoms with Gasteiger partial charge >= 0.3 is 5.97 Å². The van der Waals surface area contributed by atoms with E-state index in [1.165, 1.54) is 24.3 Å². The van der Waals surface area contributed by atoms with Crippen molar-refractivity contribution in [2.45, 2.75) is 26.2 Å². The third-order valence-corrected chi connectivity index (χ3v) is 4.14. The Kier molecular flexibility index (Phi) is 4.94. The minimum absolute atomic E-state index is 0.0475. The van der Waals surface area contributed by atoms with E-state index in [1.807, 2.05) is 6.92 Å². The Labute approximate surface area is 123 Å². The number of nitrogens with zero attached hydrogens (tertiary/aromatic N) is 1. The molecule has 1 aliphatic rings. The molecule has 1 aromatic carbocycles. The molecule has 1 heterocycles. The highest BCUT2D eigenvalue weighted by molar-refractivity contribution is 5.94. The maximum absolute atomic E-state index is 12.9. The molecule has 5 heteroatoms. The summed E-state index contributed by atoms with van der Waals surface area (Å²) in [5.41, 5.74) is 0.475. The van der Waals surface area contributed by atoms with Gasteiger partial charge in [-0.25, -0.2) is 4.39 Å². The van der Waals surface area contributed by atoms with Crippen LogP contribution in [-0.4, -0.2) is 35.0 Å². The van der Waals surface area contributed by atoms with Crippen LogP contribution in [-0.2, 0) is 4.79 Å². The molecule has 0 radical (unpaired) electrons. The Morgan fingerprint density at radius 3 is 2.67 bits per heavy atom. The van der Waals surface area contributed by atoms with Gasteiger partial charge in [0.1, 0.15) is 5.82 Å². The van der Waals surface area contributed by atoms with Crippen LogP contribution >= 0.6 is 0 Å². The largest absolute Gasteiger partial charge is 0.481 e. The zero-order valence-electron chi connectivity index (χ0n) is 12.1. The Bertz CT molecular complexity index is 515. The molecule has 1 amide bonds. The maximum atomic E-state index is 12.9. The minimum Gasteiger partial charge on any atom is -0.481 e. The summed E-state index contributed by atoms with van der Waals surface area (Å²) < 4.78 is 12.9. The summed E-state index contributed by atoms with van der Waals surface area (Å²) >= 11 is 0. The van der Waals surface area contributed by atoms with Crippen LogP contribution in [0.5, 0.6) is 0 Å². The third kappa shape index (κ3) is 4.03. The van der Waals surface area contributed by atoms with E-state index < -0.39 is 5.97 Å². The smallest absolute Gasteiger partial charge is 0.303 e. The van der Waals surface area contributed by atoms with E-state index in [-0.39, 0.29) is 30.0 Å². The molecule has 2 unspecified atom stereocenters. The lowest BCUT2D eigenvalue weighted by Crippen LogP contribution is -2.42. The molecular formula is C16H20FNO3. The number of carboxylic acids is 1. The molecule has 0 bridgehead atoms. The Morgan fingerprint density at radius 2 is 2.05 bits per heavy atom. The number of hydrogen-bond acceptors (Lipinski definition) is 2. The molecule has 0 aliphatic carbocycles. The number of carboxylic acid groups (broad SMARTS) is 1. The number of likely N-dealkylation sites (tertiary alicyclic amines) is 1. The van der Waals surface area contributed by atoms with Crippen LogP contribution in [0.4, 0.5) is 4.39 Å². The van der Waals surface area contributed by atoms with Crippen LogP contribution in [0.25, 0.3) is 0 Å². The first-order valence-corrected chi connectivity index (χ1v) is 7.24. The van der Waals surface area contributed by atoms with Gasteiger partial charge in [0, 0.05) is 25.1 Å². The van der Waals surface area contributed by atoms with Crippen molar-refractivity contribution in [3.05, 3.63) is 35.6 Å². The molecule has 1 N–H and O–H groups in total. The zero-order valence-corrected chi connectivity index (χ0v) is 12.1. The van der Waals surface area contributed by atoms with Crippen molar-refractivity contribution in [2.24, 2.45) is 11.8 Å². The zero-order chi connectivity index (χ0) is 15.4. The van der Waals surface area contributed by atoms with E-state index in [4.69, 9.17) is 5.11 Å². The monoisotopic (exact) mass is 293 g/mol. The average molecular weight is 293 g/mol. The number of aliphatic carboxylic acids is 1. The predicted molar refractivity (Wildman–Crippen MR) is 76.4 cm³/mol. The van der Waals surface area contributed by atoms with Crippen LogP contribution in [0.2, 0.25) is 0 Å². The molecule has 0 spiro atoms. The van der Waals surface area contributed by atoms with Gasteiger partial charge in [0.15, 0.2) is 0 Å². The van der Waals surface area contributed by atoms with E-state index in [0.29, 0.717) is 18.7 Å². The third-order valence-electron chi connectivity index (χ3n) is 4.14. The molecule has 21 heavy (non-hydrogen) atoms. The fourth-order valence-corrected chi connectivity index (χ4v) is 2.88. The summed E-state index contributed by atoms with van der Waals surface area (Å²) in [6.45, 7) is 3.17. The highest BCUT2D eigenvalue weighted by Gasteiger charge is 2.28. The van der Waals surface area contributed by atoms with Crippen LogP contribution in [0.1, 0.15) is 36.5 Å². The van der Waals surface area contributed by atoms with E-state index in [2.05, 4.69) is 0 Å². The van der Waals surface area contributed by atoms with Gasteiger partial charge in [0.2, 0.25) is 0 Å². The highest BCUT2D eigenvalue weighted by atomic mass is 19.1. The van der Waals surface area contributed by atoms with Crippen molar-refractivity contribution in [2.75, 3.05) is 13.1 Å². The second-order valence-electron chi connectivity index (χ2n) is 5.74. The molecule has 1 fully saturated rings. The van der Waals surface area contributed by atoms with Crippen molar-refractivity contribution in [1.82, 2.24) is 4.90 Å². The van der Waals surface area contributed by atoms with Crippen LogP contribution in [0.3, 0.4) is 0 Å². The Morgan fingerprint density at radius 1 is 1.38 bits per heavy atom. The van der Waals surface area contributed by atoms with Crippen molar-refractivity contribution in [3.8, 4) is 0 Å². The molecule has 2 rings (SSSR count). The second-order valence-corrected chi connectivity index (χ2v) is 5.74. The lowest BCUT2D eigenvalue weighted by atomic mass is 9.84. The molecule has 1 aliphatic heterocycles. The van der Waals surface area contributed by atoms with Crippen LogP contribution < -0.4 is 0 Å². The molecule has 2 atom stereocenters. The highest BCUT2D eigenvalue weighted by Crippen LogP contribution is 2.27. The molecule has 114 valence electrons. The summed E-state index contributed by atoms with van der Waals surface area (Å²) in [4.78, 5) is 24.9. The number of carbonyl (C=O) groups is 2. The Hall–Kier alpha value is -1.91. The SMILES string of the molecule is CC(CC(=O)O)C1CCCN(C(=O)c2ccc(F)cc2)C1. The summed E-state index contributed by atoms with van der Waals surface area (Å²) in [6, 6.07) is 5.54. The number of benzene rings is 1. The van der Waals surface area contributed by atoms with Crippen LogP contribution in [0, 0.1) is 17.7 Å². The van der Waals surface area contributed by atoms with E-state index >= 15 is 0 Å². The maximum Gasteiger partial charge on any atom is 0.303 e. The average Bonchev–Trinajstić information content (AvgIpc) is 2.47. The van der Waals surface area contributed by atoms with E-state index in [0.717, 1.165) is 12.8 Å². The van der Waals surface area contributed by atoms with Gasteiger partial charge in [0.25, 0.3) is 5.91 Å². The molecule has 0 aromatic heterocycles. The van der Waals surface area contributed by atoms with Gasteiger partial charge < -0.3 is 10.0 Å². The quantitative estimate of drug-likeness (QED) is 0.928. The fourth-order valence-electron chi connectivity index (χ4n) is 2.88. The number of rotatable bonds is 4. The molecule has 1 saturated heterocycles. The Balaban J connectivity index is 2.01. The number of halogens is 1. The van der Waals surface area contributed by atoms with Gasteiger partial charge in [-0.1, -0.05) is 6.92 Å². The standard InChI is InChI=1S/C16H20FNO3/c1-11(9-15(19)20)13-3-2-8-18(10-13)16(21)12-4-6-14(17)7-5-12/h4-7,11,13H,2-3,8-10H2,1H3,(H,19,20). The van der Waals surface area contributed by atoms with Gasteiger partial charge in [-0.3, -0.25) is 9.59 Å². The normalized spacial score (nSPS) is 20.1. The molecular weight excluding hydrogens is 273 g/mol. The first kappa shape index (κ1) is 15.5. The van der Waals surface area contributed by atoms with Crippen LogP contribution in [0.15, 0.2) is 24.3 Å². The summed E-state index contributed by atoms with van der Waals surface area (Å²) in [5, 5.41) is 8.88. The van der Waals surface area contributed by atoms with Gasteiger partial charge in [-0.15, -0.1) is 0 Å². The number of piperidine rings is 1. The van der Waals surface area contributed by atoms with Crippen molar-refractivity contribution >= 4 is 11.9 Å². The summed E-state index contributed by atoms with van der Waals surface area (Å²) in [7, 11) is 0. The lowest BCUT2D eigenvalue weighted by molar-refractivity contribution is -0.138. The van der Waals surface area contributed by atoms with Gasteiger partial charge in [-0.05, 0) is 48.9 Å². The lowest BCUT2D eigenvalue weighted by Gasteiger charge is -2.35. The predicted octanol–water partition coefficient (Wildman–Crippen LogP) is 2.79. The minimum atomic E-state index is -0.801. The van der Waals surface area contributed by atoms with E-state index in [1.54, 1.807) is 4.90 Å².